The van der Waals surface area contributed by atoms with Crippen LogP contribution in [-0.4, -0.2) is 49.8 Å². The lowest BCUT2D eigenvalue weighted by atomic mass is 10.1. The van der Waals surface area contributed by atoms with Crippen LogP contribution in [0.2, 0.25) is 0 Å². The predicted octanol–water partition coefficient (Wildman–Crippen LogP) is 1.95. The van der Waals surface area contributed by atoms with E-state index in [1.54, 1.807) is 0 Å². The van der Waals surface area contributed by atoms with E-state index in [0.29, 0.717) is 32.1 Å². The number of rotatable bonds is 8. The molecule has 0 unspecified atom stereocenters. The summed E-state index contributed by atoms with van der Waals surface area (Å²) in [6, 6.07) is 10.2. The highest BCUT2D eigenvalue weighted by Gasteiger charge is 2.22. The van der Waals surface area contributed by atoms with Crippen LogP contribution >= 0.6 is 0 Å². The van der Waals surface area contributed by atoms with Crippen molar-refractivity contribution in [2.24, 2.45) is 5.73 Å². The molecule has 23 heavy (non-hydrogen) atoms. The van der Waals surface area contributed by atoms with Gasteiger partial charge in [-0.1, -0.05) is 30.3 Å². The fourth-order valence-corrected chi connectivity index (χ4v) is 2.75. The molecule has 0 aliphatic carbocycles. The molecule has 2 N–H and O–H groups in total. The second-order valence-corrected chi connectivity index (χ2v) is 6.15. The van der Waals surface area contributed by atoms with E-state index < -0.39 is 0 Å². The maximum Gasteiger partial charge on any atom is 0.222 e. The minimum Gasteiger partial charge on any atom is -0.381 e. The van der Waals surface area contributed by atoms with E-state index in [9.17, 15) is 4.79 Å². The summed E-state index contributed by atoms with van der Waals surface area (Å²) in [5, 5.41) is 0. The number of carbonyl (C=O) groups is 1. The summed E-state index contributed by atoms with van der Waals surface area (Å²) < 4.78 is 11.0. The lowest BCUT2D eigenvalue weighted by molar-refractivity contribution is -0.133. The first-order valence-electron chi connectivity index (χ1n) is 8.37. The molecule has 1 aromatic rings. The Bertz CT molecular complexity index is 461. The van der Waals surface area contributed by atoms with Crippen LogP contribution in [0.25, 0.3) is 0 Å². The number of benzene rings is 1. The van der Waals surface area contributed by atoms with Crippen LogP contribution in [0, 0.1) is 0 Å². The molecule has 0 spiro atoms. The van der Waals surface area contributed by atoms with Crippen molar-refractivity contribution in [3.63, 3.8) is 0 Å². The molecule has 1 aliphatic heterocycles. The predicted molar refractivity (Wildman–Crippen MR) is 89.9 cm³/mol. The minimum atomic E-state index is -0.106. The molecule has 1 aromatic carbocycles. The summed E-state index contributed by atoms with van der Waals surface area (Å²) in [4.78, 5) is 14.1. The van der Waals surface area contributed by atoms with Gasteiger partial charge in [-0.25, -0.2) is 0 Å². The Kier molecular flexibility index (Phi) is 7.52. The zero-order valence-electron chi connectivity index (χ0n) is 13.9. The summed E-state index contributed by atoms with van der Waals surface area (Å²) in [6.45, 7) is 2.53. The maximum absolute atomic E-state index is 12.2. The third kappa shape index (κ3) is 6.29. The van der Waals surface area contributed by atoms with Crippen molar-refractivity contribution in [2.75, 3.05) is 26.9 Å². The molecule has 5 heteroatoms. The van der Waals surface area contributed by atoms with Crippen LogP contribution in [0.4, 0.5) is 0 Å². The molecular weight excluding hydrogens is 292 g/mol. The molecule has 0 aromatic heterocycles. The Balaban J connectivity index is 1.61. The highest BCUT2D eigenvalue weighted by Crippen LogP contribution is 2.14. The molecule has 0 bridgehead atoms. The second kappa shape index (κ2) is 9.65. The second-order valence-electron chi connectivity index (χ2n) is 6.15. The van der Waals surface area contributed by atoms with Crippen molar-refractivity contribution >= 4 is 5.91 Å². The molecule has 128 valence electrons. The lowest BCUT2D eigenvalue weighted by Gasteiger charge is -2.31. The van der Waals surface area contributed by atoms with Crippen molar-refractivity contribution in [3.8, 4) is 0 Å². The van der Waals surface area contributed by atoms with Gasteiger partial charge in [-0.05, 0) is 24.8 Å². The van der Waals surface area contributed by atoms with E-state index in [-0.39, 0.29) is 11.9 Å². The van der Waals surface area contributed by atoms with Gasteiger partial charge in [0.2, 0.25) is 5.91 Å². The van der Waals surface area contributed by atoms with E-state index in [4.69, 9.17) is 15.2 Å². The first-order valence-corrected chi connectivity index (χ1v) is 8.37. The maximum atomic E-state index is 12.2. The van der Waals surface area contributed by atoms with Gasteiger partial charge in [-0.2, -0.15) is 0 Å². The van der Waals surface area contributed by atoms with E-state index in [2.05, 4.69) is 0 Å². The van der Waals surface area contributed by atoms with Crippen LogP contribution in [0.5, 0.6) is 0 Å². The topological polar surface area (TPSA) is 64.8 Å². The van der Waals surface area contributed by atoms with Gasteiger partial charge in [0.05, 0.1) is 13.2 Å². The molecule has 1 heterocycles. The summed E-state index contributed by atoms with van der Waals surface area (Å²) >= 11 is 0. The zero-order chi connectivity index (χ0) is 16.5. The molecule has 1 saturated heterocycles. The summed E-state index contributed by atoms with van der Waals surface area (Å²) in [5.41, 5.74) is 7.18. The molecule has 1 fully saturated rings. The van der Waals surface area contributed by atoms with Crippen LogP contribution in [0.1, 0.15) is 31.2 Å². The average Bonchev–Trinajstić information content (AvgIpc) is 2.60. The Hall–Kier alpha value is -1.43. The van der Waals surface area contributed by atoms with Gasteiger partial charge in [0.15, 0.2) is 0 Å². The standard InChI is InChI=1S/C18H28N2O3/c1-20(17-9-11-22-12-10-17)18(21)8-7-16(19)14-23-13-15-5-3-2-4-6-15/h2-6,16-17H,7-14,19H2,1H3/t16-/m1/s1. The fourth-order valence-electron chi connectivity index (χ4n) is 2.75. The van der Waals surface area contributed by atoms with E-state index in [1.807, 2.05) is 42.3 Å². The van der Waals surface area contributed by atoms with Crippen molar-refractivity contribution in [2.45, 2.75) is 44.4 Å². The van der Waals surface area contributed by atoms with E-state index in [1.165, 1.54) is 0 Å². The molecule has 1 aliphatic rings. The number of carbonyl (C=O) groups excluding carboxylic acids is 1. The monoisotopic (exact) mass is 320 g/mol. The smallest absolute Gasteiger partial charge is 0.222 e. The molecule has 0 saturated carbocycles. The number of nitrogens with two attached hydrogens (primary N) is 1. The van der Waals surface area contributed by atoms with Gasteiger partial charge in [-0.3, -0.25) is 4.79 Å². The number of ether oxygens (including phenoxy) is 2. The van der Waals surface area contributed by atoms with E-state index in [0.717, 1.165) is 31.6 Å². The Morgan fingerprint density at radius 3 is 2.74 bits per heavy atom. The summed E-state index contributed by atoms with van der Waals surface area (Å²) in [6.07, 6.45) is 2.98. The van der Waals surface area contributed by atoms with Gasteiger partial charge in [0.1, 0.15) is 0 Å². The largest absolute Gasteiger partial charge is 0.381 e. The lowest BCUT2D eigenvalue weighted by Crippen LogP contribution is -2.41. The van der Waals surface area contributed by atoms with Crippen molar-refractivity contribution < 1.29 is 14.3 Å². The Morgan fingerprint density at radius 1 is 1.35 bits per heavy atom. The van der Waals surface area contributed by atoms with E-state index >= 15 is 0 Å². The quantitative estimate of drug-likeness (QED) is 0.795. The normalized spacial score (nSPS) is 17.0. The highest BCUT2D eigenvalue weighted by atomic mass is 16.5. The average molecular weight is 320 g/mol. The van der Waals surface area contributed by atoms with Crippen molar-refractivity contribution in [1.82, 2.24) is 4.90 Å². The van der Waals surface area contributed by atoms with Crippen molar-refractivity contribution in [1.29, 1.82) is 0 Å². The van der Waals surface area contributed by atoms with Crippen LogP contribution < -0.4 is 5.73 Å². The van der Waals surface area contributed by atoms with Crippen LogP contribution in [0.15, 0.2) is 30.3 Å². The van der Waals surface area contributed by atoms with Crippen LogP contribution in [-0.2, 0) is 20.9 Å². The molecule has 2 rings (SSSR count). The highest BCUT2D eigenvalue weighted by molar-refractivity contribution is 5.76. The third-order valence-electron chi connectivity index (χ3n) is 4.30. The molecule has 1 amide bonds. The molecular formula is C18H28N2O3. The summed E-state index contributed by atoms with van der Waals surface area (Å²) in [7, 11) is 1.88. The first kappa shape index (κ1) is 17.9. The Morgan fingerprint density at radius 2 is 2.04 bits per heavy atom. The summed E-state index contributed by atoms with van der Waals surface area (Å²) in [5.74, 6) is 0.162. The van der Waals surface area contributed by atoms with Gasteiger partial charge in [0, 0.05) is 38.8 Å². The number of hydrogen-bond acceptors (Lipinski definition) is 4. The molecule has 0 radical (unpaired) electrons. The minimum absolute atomic E-state index is 0.106. The number of hydrogen-bond donors (Lipinski definition) is 1. The third-order valence-corrected chi connectivity index (χ3v) is 4.30. The van der Waals surface area contributed by atoms with Gasteiger partial charge >= 0.3 is 0 Å². The Labute approximate surface area is 138 Å². The molecule has 5 nitrogen and oxygen atoms in total. The van der Waals surface area contributed by atoms with Gasteiger partial charge in [0.25, 0.3) is 0 Å². The molecule has 1 atom stereocenters. The van der Waals surface area contributed by atoms with Gasteiger partial charge < -0.3 is 20.1 Å². The number of nitrogens with zero attached hydrogens (tertiary/aromatic N) is 1. The van der Waals surface area contributed by atoms with Crippen molar-refractivity contribution in [3.05, 3.63) is 35.9 Å². The zero-order valence-corrected chi connectivity index (χ0v) is 13.9. The van der Waals surface area contributed by atoms with Gasteiger partial charge in [-0.15, -0.1) is 0 Å². The first-order chi connectivity index (χ1) is 11.2. The van der Waals surface area contributed by atoms with Crippen LogP contribution in [0.3, 0.4) is 0 Å². The number of amides is 1. The SMILES string of the molecule is CN(C(=O)CC[C@@H](N)COCc1ccccc1)C1CCOCC1. The fraction of sp³-hybridized carbons (Fsp3) is 0.611.